The fourth-order valence-corrected chi connectivity index (χ4v) is 3.55. The number of benzene rings is 1. The normalized spacial score (nSPS) is 13.1. The minimum Gasteiger partial charge on any atom is -0.506 e. The van der Waals surface area contributed by atoms with E-state index in [1.165, 1.54) is 29.9 Å². The number of aromatic hydroxyl groups is 1. The molecule has 0 bridgehead atoms. The monoisotopic (exact) mass is 454 g/mol. The van der Waals surface area contributed by atoms with Crippen LogP contribution in [-0.2, 0) is 14.8 Å². The molecule has 2 N–H and O–H groups in total. The van der Waals surface area contributed by atoms with Crippen LogP contribution in [0.1, 0.15) is 12.7 Å². The maximum absolute atomic E-state index is 11.7. The van der Waals surface area contributed by atoms with Gasteiger partial charge in [0.15, 0.2) is 17.3 Å². The Morgan fingerprint density at radius 2 is 2.09 bits per heavy atom. The molecule has 0 saturated carbocycles. The van der Waals surface area contributed by atoms with Crippen LogP contribution in [0.25, 0.3) is 22.5 Å². The minimum absolute atomic E-state index is 0.0198. The van der Waals surface area contributed by atoms with Crippen molar-refractivity contribution in [2.45, 2.75) is 6.92 Å². The molecule has 0 fully saturated rings. The van der Waals surface area contributed by atoms with E-state index in [2.05, 4.69) is 36.4 Å². The molecular weight excluding hydrogens is 436 g/mol. The summed E-state index contributed by atoms with van der Waals surface area (Å²) in [5, 5.41) is 18.6. The Kier molecular flexibility index (Phi) is 5.41. The van der Waals surface area contributed by atoms with Crippen molar-refractivity contribution in [2.75, 3.05) is 24.7 Å². The van der Waals surface area contributed by atoms with E-state index in [0.717, 1.165) is 6.26 Å². The van der Waals surface area contributed by atoms with Crippen LogP contribution in [0.2, 0.25) is 0 Å². The number of hydrogen-bond donors (Lipinski definition) is 2. The molecule has 2 aromatic heterocycles. The van der Waals surface area contributed by atoms with Gasteiger partial charge in [0.1, 0.15) is 17.2 Å². The number of para-hydroxylation sites is 1. The van der Waals surface area contributed by atoms with Crippen molar-refractivity contribution in [3.8, 4) is 17.2 Å². The molecule has 32 heavy (non-hydrogen) atoms. The largest absolute Gasteiger partial charge is 0.506 e. The minimum atomic E-state index is -3.60. The Balaban J connectivity index is 2.04. The van der Waals surface area contributed by atoms with Crippen LogP contribution in [-0.4, -0.2) is 59.1 Å². The molecule has 0 amide bonds. The molecule has 0 radical (unpaired) electrons. The lowest BCUT2D eigenvalue weighted by Gasteiger charge is -2.15. The van der Waals surface area contributed by atoms with Crippen molar-refractivity contribution in [3.05, 3.63) is 47.6 Å². The highest BCUT2D eigenvalue weighted by molar-refractivity contribution is 7.92. The number of fused-ring (bicyclic) bond motifs is 1. The topological polar surface area (TPSA) is 141 Å². The average molecular weight is 454 g/mol. The second kappa shape index (κ2) is 8.20. The summed E-state index contributed by atoms with van der Waals surface area (Å²) in [6.07, 6.45) is 2.54. The molecule has 0 unspecified atom stereocenters. The number of hydrogen-bond acceptors (Lipinski definition) is 9. The van der Waals surface area contributed by atoms with Gasteiger partial charge in [-0.1, -0.05) is 11.8 Å². The van der Waals surface area contributed by atoms with E-state index < -0.39 is 10.0 Å². The SMILES string of the molecule is CCOC1=NC(c2nc3nnc(NS(C)(=O)=O)cc3n2-c2c(O)cccc2OC)=C=C=C1. The molecule has 3 heterocycles. The van der Waals surface area contributed by atoms with E-state index in [1.807, 2.05) is 6.92 Å². The van der Waals surface area contributed by atoms with Crippen LogP contribution in [0, 0.1) is 0 Å². The predicted molar refractivity (Wildman–Crippen MR) is 117 cm³/mol. The maximum atomic E-state index is 11.7. The number of imidazole rings is 1. The Bertz CT molecular complexity index is 1460. The maximum Gasteiger partial charge on any atom is 0.231 e. The fraction of sp³-hybridized carbons (Fsp3) is 0.200. The highest BCUT2D eigenvalue weighted by atomic mass is 32.2. The Morgan fingerprint density at radius 1 is 1.28 bits per heavy atom. The smallest absolute Gasteiger partial charge is 0.231 e. The third-order valence-corrected chi connectivity index (χ3v) is 4.82. The van der Waals surface area contributed by atoms with Crippen LogP contribution >= 0.6 is 0 Å². The van der Waals surface area contributed by atoms with Crippen LogP contribution in [0.15, 0.2) is 46.8 Å². The molecule has 0 saturated heterocycles. The summed E-state index contributed by atoms with van der Waals surface area (Å²) in [7, 11) is -2.14. The molecule has 0 spiro atoms. The van der Waals surface area contributed by atoms with Gasteiger partial charge in [-0.05, 0) is 24.8 Å². The van der Waals surface area contributed by atoms with Gasteiger partial charge in [-0.15, -0.1) is 10.2 Å². The number of aliphatic imine (C=N–C) groups is 1. The molecule has 12 heteroatoms. The van der Waals surface area contributed by atoms with E-state index >= 15 is 0 Å². The Hall–Kier alpha value is -4.11. The number of nitrogens with zero attached hydrogens (tertiary/aromatic N) is 5. The molecule has 164 valence electrons. The van der Waals surface area contributed by atoms with Gasteiger partial charge in [0, 0.05) is 6.07 Å². The first-order valence-corrected chi connectivity index (χ1v) is 11.2. The summed E-state index contributed by atoms with van der Waals surface area (Å²) < 4.78 is 38.1. The van der Waals surface area contributed by atoms with Crippen LogP contribution in [0.5, 0.6) is 11.5 Å². The lowest BCUT2D eigenvalue weighted by Crippen LogP contribution is -2.11. The first kappa shape index (κ1) is 21.1. The second-order valence-corrected chi connectivity index (χ2v) is 8.31. The quantitative estimate of drug-likeness (QED) is 0.539. The zero-order valence-electron chi connectivity index (χ0n) is 17.3. The summed E-state index contributed by atoms with van der Waals surface area (Å²) in [6, 6.07) is 6.22. The lowest BCUT2D eigenvalue weighted by atomic mass is 10.2. The molecule has 3 aromatic rings. The number of methoxy groups -OCH3 is 1. The number of ether oxygens (including phenoxy) is 2. The summed E-state index contributed by atoms with van der Waals surface area (Å²) in [5.41, 5.74) is 6.76. The van der Waals surface area contributed by atoms with Gasteiger partial charge in [0.25, 0.3) is 0 Å². The van der Waals surface area contributed by atoms with Crippen LogP contribution in [0.4, 0.5) is 5.82 Å². The van der Waals surface area contributed by atoms with Crippen molar-refractivity contribution in [3.63, 3.8) is 0 Å². The predicted octanol–water partition coefficient (Wildman–Crippen LogP) is 2.00. The second-order valence-electron chi connectivity index (χ2n) is 6.56. The Morgan fingerprint density at radius 3 is 2.81 bits per heavy atom. The van der Waals surface area contributed by atoms with Gasteiger partial charge >= 0.3 is 0 Å². The molecule has 1 aliphatic heterocycles. The fourth-order valence-electron chi connectivity index (χ4n) is 3.07. The summed E-state index contributed by atoms with van der Waals surface area (Å²) >= 11 is 0. The van der Waals surface area contributed by atoms with Gasteiger partial charge in [-0.3, -0.25) is 9.29 Å². The number of rotatable bonds is 6. The van der Waals surface area contributed by atoms with E-state index in [1.54, 1.807) is 12.1 Å². The number of phenolic OH excluding ortho intramolecular Hbond substituents is 1. The molecule has 1 aliphatic rings. The van der Waals surface area contributed by atoms with E-state index in [4.69, 9.17) is 9.47 Å². The molecule has 11 nitrogen and oxygen atoms in total. The van der Waals surface area contributed by atoms with Crippen molar-refractivity contribution >= 4 is 38.6 Å². The van der Waals surface area contributed by atoms with Crippen molar-refractivity contribution in [1.29, 1.82) is 0 Å². The van der Waals surface area contributed by atoms with E-state index in [-0.39, 0.29) is 34.4 Å². The molecule has 4 rings (SSSR count). The zero-order valence-corrected chi connectivity index (χ0v) is 18.1. The summed E-state index contributed by atoms with van der Waals surface area (Å²) in [6.45, 7) is 2.23. The molecular formula is C20H18N6O5S. The van der Waals surface area contributed by atoms with E-state index in [9.17, 15) is 13.5 Å². The van der Waals surface area contributed by atoms with Gasteiger partial charge in [-0.2, -0.15) is 0 Å². The molecule has 1 aromatic carbocycles. The van der Waals surface area contributed by atoms with Crippen molar-refractivity contribution < 1.29 is 23.0 Å². The highest BCUT2D eigenvalue weighted by Gasteiger charge is 2.24. The summed E-state index contributed by atoms with van der Waals surface area (Å²) in [4.78, 5) is 8.90. The van der Waals surface area contributed by atoms with Gasteiger partial charge in [0.05, 0.1) is 31.6 Å². The number of nitrogens with one attached hydrogen (secondary N) is 1. The summed E-state index contributed by atoms with van der Waals surface area (Å²) in [5.74, 6) is 0.765. The third-order valence-electron chi connectivity index (χ3n) is 4.24. The third kappa shape index (κ3) is 4.06. The zero-order chi connectivity index (χ0) is 22.9. The van der Waals surface area contributed by atoms with Gasteiger partial charge in [0.2, 0.25) is 21.6 Å². The van der Waals surface area contributed by atoms with Gasteiger partial charge in [-0.25, -0.2) is 18.4 Å². The first-order chi connectivity index (χ1) is 15.3. The van der Waals surface area contributed by atoms with Crippen molar-refractivity contribution in [2.24, 2.45) is 4.99 Å². The number of anilines is 1. The first-order valence-electron chi connectivity index (χ1n) is 9.34. The number of aromatic nitrogens is 4. The Labute approximate surface area is 183 Å². The lowest BCUT2D eigenvalue weighted by molar-refractivity contribution is 0.330. The van der Waals surface area contributed by atoms with Crippen LogP contribution < -0.4 is 9.46 Å². The van der Waals surface area contributed by atoms with Gasteiger partial charge < -0.3 is 14.6 Å². The molecule has 0 aliphatic carbocycles. The van der Waals surface area contributed by atoms with E-state index in [0.29, 0.717) is 23.8 Å². The van der Waals surface area contributed by atoms with Crippen LogP contribution in [0.3, 0.4) is 0 Å². The van der Waals surface area contributed by atoms with Crippen molar-refractivity contribution in [1.82, 2.24) is 19.7 Å². The average Bonchev–Trinajstić information content (AvgIpc) is 3.11. The highest BCUT2D eigenvalue weighted by Crippen LogP contribution is 2.37. The number of phenols is 1. The standard InChI is InChI=1S/C20H18N6O5S/c1-4-31-17-10-5-7-12(21-17)20-22-19-13(11-16(23-24-19)25-32(3,28)29)26(20)18-14(27)8-6-9-15(18)30-2/h6,8-11,27H,4H2,1-3H3,(H,23,25). The molecule has 0 atom stereocenters. The number of sulfonamides is 1.